The topological polar surface area (TPSA) is 54.7 Å². The van der Waals surface area contributed by atoms with Gasteiger partial charge in [-0.25, -0.2) is 0 Å². The van der Waals surface area contributed by atoms with Crippen molar-refractivity contribution in [3.8, 4) is 0 Å². The molecule has 3 N–H and O–H groups in total. The summed E-state index contributed by atoms with van der Waals surface area (Å²) in [6.07, 6.45) is 6.29. The van der Waals surface area contributed by atoms with Gasteiger partial charge in [-0.1, -0.05) is 19.8 Å². The van der Waals surface area contributed by atoms with Crippen molar-refractivity contribution in [3.05, 3.63) is 17.0 Å². The van der Waals surface area contributed by atoms with E-state index >= 15 is 0 Å². The minimum absolute atomic E-state index is 0.630. The number of hydrogen-bond donors (Lipinski definition) is 2. The summed E-state index contributed by atoms with van der Waals surface area (Å²) in [5, 5.41) is 7.56. The number of aromatic amines is 1. The van der Waals surface area contributed by atoms with Gasteiger partial charge in [0, 0.05) is 23.7 Å². The summed E-state index contributed by atoms with van der Waals surface area (Å²) in [5.41, 5.74) is 9.54. The van der Waals surface area contributed by atoms with Crippen molar-refractivity contribution in [2.75, 3.05) is 0 Å². The molecule has 1 aliphatic rings. The van der Waals surface area contributed by atoms with Gasteiger partial charge in [-0.3, -0.25) is 5.10 Å². The van der Waals surface area contributed by atoms with E-state index in [4.69, 9.17) is 5.73 Å². The number of nitrogens with one attached hydrogen (secondary N) is 1. The van der Waals surface area contributed by atoms with Crippen LogP contribution in [0.2, 0.25) is 0 Å². The third kappa shape index (κ3) is 1.57. The molecule has 0 aromatic carbocycles. The molecular formula is C11H19N3. The molecule has 1 aliphatic carbocycles. The predicted octanol–water partition coefficient (Wildman–Crippen LogP) is 2.09. The van der Waals surface area contributed by atoms with Crippen LogP contribution in [0.1, 0.15) is 55.5 Å². The van der Waals surface area contributed by atoms with Crippen molar-refractivity contribution in [1.29, 1.82) is 0 Å². The lowest BCUT2D eigenvalue weighted by molar-refractivity contribution is 0.684. The molecule has 1 saturated carbocycles. The Balaban J connectivity index is 2.27. The number of H-pyrrole nitrogens is 1. The Morgan fingerprint density at radius 3 is 2.71 bits per heavy atom. The summed E-state index contributed by atoms with van der Waals surface area (Å²) in [7, 11) is 0. The Morgan fingerprint density at radius 1 is 1.43 bits per heavy atom. The van der Waals surface area contributed by atoms with Crippen molar-refractivity contribution < 1.29 is 0 Å². The van der Waals surface area contributed by atoms with Crippen molar-refractivity contribution in [2.24, 2.45) is 5.73 Å². The number of aryl methyl sites for hydroxylation is 1. The smallest absolute Gasteiger partial charge is 0.0700 e. The molecule has 78 valence electrons. The zero-order chi connectivity index (χ0) is 9.97. The Hall–Kier alpha value is -0.830. The second kappa shape index (κ2) is 4.13. The average molecular weight is 193 g/mol. The van der Waals surface area contributed by atoms with E-state index < -0.39 is 0 Å². The van der Waals surface area contributed by atoms with Gasteiger partial charge in [-0.05, 0) is 19.3 Å². The van der Waals surface area contributed by atoms with E-state index in [0.29, 0.717) is 12.5 Å². The SMILES string of the molecule is CCc1[nH]nc(C2CCCC2)c1CN. The third-order valence-electron chi connectivity index (χ3n) is 3.28. The molecule has 0 aliphatic heterocycles. The summed E-state index contributed by atoms with van der Waals surface area (Å²) in [4.78, 5) is 0. The summed E-state index contributed by atoms with van der Waals surface area (Å²) >= 11 is 0. The van der Waals surface area contributed by atoms with Gasteiger partial charge < -0.3 is 5.73 Å². The fraction of sp³-hybridized carbons (Fsp3) is 0.727. The van der Waals surface area contributed by atoms with Crippen LogP contribution in [0.4, 0.5) is 0 Å². The van der Waals surface area contributed by atoms with E-state index in [-0.39, 0.29) is 0 Å². The van der Waals surface area contributed by atoms with E-state index in [1.54, 1.807) is 0 Å². The number of nitrogens with two attached hydrogens (primary N) is 1. The van der Waals surface area contributed by atoms with E-state index in [9.17, 15) is 0 Å². The molecule has 0 spiro atoms. The van der Waals surface area contributed by atoms with Crippen LogP contribution in [-0.2, 0) is 13.0 Å². The van der Waals surface area contributed by atoms with Crippen molar-refractivity contribution in [3.63, 3.8) is 0 Å². The summed E-state index contributed by atoms with van der Waals surface area (Å²) < 4.78 is 0. The minimum Gasteiger partial charge on any atom is -0.326 e. The summed E-state index contributed by atoms with van der Waals surface area (Å²) in [6.45, 7) is 2.77. The molecule has 3 nitrogen and oxygen atoms in total. The standard InChI is InChI=1S/C11H19N3/c1-2-10-9(7-12)11(14-13-10)8-5-3-4-6-8/h8H,2-7,12H2,1H3,(H,13,14). The summed E-state index contributed by atoms with van der Waals surface area (Å²) in [6, 6.07) is 0. The van der Waals surface area contributed by atoms with Crippen LogP contribution in [-0.4, -0.2) is 10.2 Å². The highest BCUT2D eigenvalue weighted by molar-refractivity contribution is 5.28. The van der Waals surface area contributed by atoms with Crippen molar-refractivity contribution >= 4 is 0 Å². The van der Waals surface area contributed by atoms with Gasteiger partial charge in [0.25, 0.3) is 0 Å². The first-order chi connectivity index (χ1) is 6.86. The molecular weight excluding hydrogens is 174 g/mol. The maximum Gasteiger partial charge on any atom is 0.0700 e. The molecule has 0 atom stereocenters. The van der Waals surface area contributed by atoms with Crippen LogP contribution >= 0.6 is 0 Å². The van der Waals surface area contributed by atoms with Gasteiger partial charge in [0.15, 0.2) is 0 Å². The van der Waals surface area contributed by atoms with Crippen LogP contribution in [0.15, 0.2) is 0 Å². The lowest BCUT2D eigenvalue weighted by Crippen LogP contribution is -2.04. The number of aromatic nitrogens is 2. The quantitative estimate of drug-likeness (QED) is 0.772. The molecule has 2 rings (SSSR count). The van der Waals surface area contributed by atoms with Crippen molar-refractivity contribution in [1.82, 2.24) is 10.2 Å². The van der Waals surface area contributed by atoms with E-state index in [2.05, 4.69) is 17.1 Å². The van der Waals surface area contributed by atoms with Gasteiger partial charge in [0.05, 0.1) is 5.69 Å². The maximum absolute atomic E-state index is 5.78. The molecule has 1 heterocycles. The Kier molecular flexibility index (Phi) is 2.87. The van der Waals surface area contributed by atoms with Gasteiger partial charge in [0.2, 0.25) is 0 Å². The second-order valence-corrected chi connectivity index (χ2v) is 4.11. The van der Waals surface area contributed by atoms with E-state index in [1.165, 1.54) is 42.6 Å². The number of nitrogens with zero attached hydrogens (tertiary/aromatic N) is 1. The zero-order valence-corrected chi connectivity index (χ0v) is 8.84. The molecule has 1 aromatic heterocycles. The first kappa shape index (κ1) is 9.71. The van der Waals surface area contributed by atoms with Crippen LogP contribution in [0.25, 0.3) is 0 Å². The van der Waals surface area contributed by atoms with Gasteiger partial charge in [-0.2, -0.15) is 5.10 Å². The number of hydrogen-bond acceptors (Lipinski definition) is 2. The zero-order valence-electron chi connectivity index (χ0n) is 8.84. The van der Waals surface area contributed by atoms with E-state index in [0.717, 1.165) is 6.42 Å². The van der Waals surface area contributed by atoms with Gasteiger partial charge in [0.1, 0.15) is 0 Å². The van der Waals surface area contributed by atoms with Crippen LogP contribution < -0.4 is 5.73 Å². The highest BCUT2D eigenvalue weighted by atomic mass is 15.1. The first-order valence-corrected chi connectivity index (χ1v) is 5.62. The highest BCUT2D eigenvalue weighted by Gasteiger charge is 2.23. The molecule has 1 fully saturated rings. The van der Waals surface area contributed by atoms with Gasteiger partial charge >= 0.3 is 0 Å². The highest BCUT2D eigenvalue weighted by Crippen LogP contribution is 2.35. The molecule has 14 heavy (non-hydrogen) atoms. The predicted molar refractivity (Wildman–Crippen MR) is 57.1 cm³/mol. The van der Waals surface area contributed by atoms with Crippen LogP contribution in [0.3, 0.4) is 0 Å². The number of rotatable bonds is 3. The molecule has 1 aromatic rings. The lowest BCUT2D eigenvalue weighted by atomic mass is 9.98. The van der Waals surface area contributed by atoms with Crippen LogP contribution in [0.5, 0.6) is 0 Å². The van der Waals surface area contributed by atoms with Crippen LogP contribution in [0, 0.1) is 0 Å². The summed E-state index contributed by atoms with van der Waals surface area (Å²) in [5.74, 6) is 0.671. The van der Waals surface area contributed by atoms with E-state index in [1.807, 2.05) is 0 Å². The molecule has 3 heteroatoms. The normalized spacial score (nSPS) is 17.9. The molecule has 0 saturated heterocycles. The Morgan fingerprint density at radius 2 is 2.14 bits per heavy atom. The monoisotopic (exact) mass is 193 g/mol. The van der Waals surface area contributed by atoms with Crippen molar-refractivity contribution in [2.45, 2.75) is 51.5 Å². The van der Waals surface area contributed by atoms with Gasteiger partial charge in [-0.15, -0.1) is 0 Å². The fourth-order valence-electron chi connectivity index (χ4n) is 2.47. The molecule has 0 unspecified atom stereocenters. The Labute approximate surface area is 85.1 Å². The average Bonchev–Trinajstić information content (AvgIpc) is 2.85. The largest absolute Gasteiger partial charge is 0.326 e. The molecule has 0 amide bonds. The first-order valence-electron chi connectivity index (χ1n) is 5.62. The fourth-order valence-corrected chi connectivity index (χ4v) is 2.47. The maximum atomic E-state index is 5.78. The third-order valence-corrected chi connectivity index (χ3v) is 3.28. The Bertz CT molecular complexity index is 297. The lowest BCUT2D eigenvalue weighted by Gasteiger charge is -2.07. The molecule has 0 radical (unpaired) electrons. The minimum atomic E-state index is 0.630. The molecule has 0 bridgehead atoms. The second-order valence-electron chi connectivity index (χ2n) is 4.11.